The van der Waals surface area contributed by atoms with Gasteiger partial charge in [-0.1, -0.05) is 6.58 Å². The van der Waals surface area contributed by atoms with E-state index in [0.29, 0.717) is 18.2 Å². The van der Waals surface area contributed by atoms with E-state index < -0.39 is 0 Å². The Bertz CT molecular complexity index is 1640. The van der Waals surface area contributed by atoms with Crippen molar-refractivity contribution in [3.63, 3.8) is 0 Å². The zero-order chi connectivity index (χ0) is 26.1. The summed E-state index contributed by atoms with van der Waals surface area (Å²) in [6.45, 7) is 7.12. The van der Waals surface area contributed by atoms with Gasteiger partial charge in [0.05, 0.1) is 0 Å². The van der Waals surface area contributed by atoms with Crippen LogP contribution in [0, 0.1) is 6.92 Å². The molecule has 1 amide bonds. The normalized spacial score (nSPS) is 15.9. The number of hydrogen-bond acceptors (Lipinski definition) is 7. The van der Waals surface area contributed by atoms with Gasteiger partial charge < -0.3 is 15.0 Å². The number of benzene rings is 1. The first-order valence-corrected chi connectivity index (χ1v) is 12.7. The third-order valence-electron chi connectivity index (χ3n) is 7.06. The van der Waals surface area contributed by atoms with Crippen molar-refractivity contribution in [3.8, 4) is 11.5 Å². The second-order valence-electron chi connectivity index (χ2n) is 9.46. The van der Waals surface area contributed by atoms with Gasteiger partial charge in [0.15, 0.2) is 11.5 Å². The van der Waals surface area contributed by atoms with Gasteiger partial charge in [-0.15, -0.1) is 0 Å². The monoisotopic (exact) mass is 508 g/mol. The van der Waals surface area contributed by atoms with Crippen LogP contribution in [0.1, 0.15) is 36.3 Å². The molecule has 0 spiro atoms. The highest BCUT2D eigenvalue weighted by Gasteiger charge is 2.24. The maximum atomic E-state index is 12.1. The van der Waals surface area contributed by atoms with Gasteiger partial charge in [-0.25, -0.2) is 19.0 Å². The summed E-state index contributed by atoms with van der Waals surface area (Å²) in [5, 5.41) is 12.0. The molecule has 0 saturated carbocycles. The number of amides is 1. The van der Waals surface area contributed by atoms with Crippen molar-refractivity contribution in [2.24, 2.45) is 0 Å². The lowest BCUT2D eigenvalue weighted by Gasteiger charge is -2.19. The van der Waals surface area contributed by atoms with E-state index in [2.05, 4.69) is 38.1 Å². The van der Waals surface area contributed by atoms with E-state index >= 15 is 0 Å². The Morgan fingerprint density at radius 3 is 2.76 bits per heavy atom. The molecule has 1 fully saturated rings. The first-order valence-electron chi connectivity index (χ1n) is 12.7. The van der Waals surface area contributed by atoms with Gasteiger partial charge in [0.1, 0.15) is 29.7 Å². The lowest BCUT2D eigenvalue weighted by atomic mass is 9.93. The quantitative estimate of drug-likeness (QED) is 0.326. The van der Waals surface area contributed by atoms with E-state index in [0.717, 1.165) is 59.8 Å². The van der Waals surface area contributed by atoms with E-state index in [-0.39, 0.29) is 5.91 Å². The number of fused-ring (bicyclic) bond motifs is 2. The minimum atomic E-state index is -0.0000427. The number of aromatic nitrogens is 6. The summed E-state index contributed by atoms with van der Waals surface area (Å²) in [4.78, 5) is 22.8. The predicted octanol–water partition coefficient (Wildman–Crippen LogP) is 4.90. The fraction of sp³-hybridized carbons (Fsp3) is 0.250. The molecule has 192 valence electrons. The van der Waals surface area contributed by atoms with Crippen molar-refractivity contribution in [2.45, 2.75) is 32.1 Å². The number of aryl methyl sites for hydroxylation is 1. The number of nitrogens with one attached hydrogen (secondary N) is 1. The first-order chi connectivity index (χ1) is 18.6. The number of ether oxygens (including phenoxy) is 1. The van der Waals surface area contributed by atoms with Crippen LogP contribution in [0.5, 0.6) is 11.5 Å². The van der Waals surface area contributed by atoms with Crippen molar-refractivity contribution in [1.82, 2.24) is 34.1 Å². The molecule has 1 aliphatic heterocycles. The lowest BCUT2D eigenvalue weighted by molar-refractivity contribution is -0.125. The Labute approximate surface area is 219 Å². The molecule has 4 aromatic heterocycles. The topological polar surface area (TPSA) is 102 Å². The number of rotatable bonds is 6. The van der Waals surface area contributed by atoms with Crippen molar-refractivity contribution in [2.75, 3.05) is 18.4 Å². The second-order valence-corrected chi connectivity index (χ2v) is 9.46. The van der Waals surface area contributed by atoms with Crippen LogP contribution >= 0.6 is 0 Å². The number of carbonyl (C=O) groups is 1. The fourth-order valence-corrected chi connectivity index (χ4v) is 5.12. The molecule has 5 heterocycles. The standard InChI is InChI=1S/C28H28N8O2/c1-3-26(37)34-11-4-5-20(8-12-34)23-10-14-36-27(23)28(30-18-32-36)33-21-6-7-24(19(2)15-21)38-22-9-13-35-25(16-22)29-17-31-35/h3,6-7,9-10,13-18,20H,1,4-5,8,11-12H2,2H3,(H,30,32,33)/t20-/m0/s1. The molecule has 1 saturated heterocycles. The molecule has 0 radical (unpaired) electrons. The summed E-state index contributed by atoms with van der Waals surface area (Å²) in [5.41, 5.74) is 4.76. The van der Waals surface area contributed by atoms with Crippen LogP contribution in [0.25, 0.3) is 11.2 Å². The first kappa shape index (κ1) is 23.7. The maximum absolute atomic E-state index is 12.1. The summed E-state index contributed by atoms with van der Waals surface area (Å²) in [6.07, 6.45) is 11.1. The highest BCUT2D eigenvalue weighted by molar-refractivity contribution is 5.87. The van der Waals surface area contributed by atoms with Crippen LogP contribution in [-0.4, -0.2) is 53.1 Å². The molecule has 0 aliphatic carbocycles. The highest BCUT2D eigenvalue weighted by atomic mass is 16.5. The minimum Gasteiger partial charge on any atom is -0.457 e. The Morgan fingerprint density at radius 2 is 1.89 bits per heavy atom. The zero-order valence-corrected chi connectivity index (χ0v) is 21.1. The average Bonchev–Trinajstić information content (AvgIpc) is 3.51. The van der Waals surface area contributed by atoms with Gasteiger partial charge >= 0.3 is 0 Å². The molecule has 6 rings (SSSR count). The van der Waals surface area contributed by atoms with Gasteiger partial charge in [0.2, 0.25) is 5.91 Å². The lowest BCUT2D eigenvalue weighted by Crippen LogP contribution is -2.30. The summed E-state index contributed by atoms with van der Waals surface area (Å²) in [5.74, 6) is 2.51. The van der Waals surface area contributed by atoms with Crippen LogP contribution in [0.4, 0.5) is 11.5 Å². The van der Waals surface area contributed by atoms with E-state index in [1.54, 1.807) is 10.8 Å². The molecule has 38 heavy (non-hydrogen) atoms. The fourth-order valence-electron chi connectivity index (χ4n) is 5.12. The maximum Gasteiger partial charge on any atom is 0.245 e. The smallest absolute Gasteiger partial charge is 0.245 e. The van der Waals surface area contributed by atoms with Crippen molar-refractivity contribution in [3.05, 3.63) is 85.2 Å². The van der Waals surface area contributed by atoms with Crippen molar-refractivity contribution < 1.29 is 9.53 Å². The van der Waals surface area contributed by atoms with E-state index in [1.807, 2.05) is 59.1 Å². The summed E-state index contributed by atoms with van der Waals surface area (Å²) in [6, 6.07) is 11.8. The van der Waals surface area contributed by atoms with E-state index in [4.69, 9.17) is 4.74 Å². The van der Waals surface area contributed by atoms with Gasteiger partial charge in [0.25, 0.3) is 0 Å². The second kappa shape index (κ2) is 9.97. The Morgan fingerprint density at radius 1 is 1.05 bits per heavy atom. The third-order valence-corrected chi connectivity index (χ3v) is 7.06. The average molecular weight is 509 g/mol. The minimum absolute atomic E-state index is 0.0000427. The van der Waals surface area contributed by atoms with Crippen LogP contribution in [0.3, 0.4) is 0 Å². The third kappa shape index (κ3) is 4.56. The summed E-state index contributed by atoms with van der Waals surface area (Å²) < 4.78 is 9.68. The van der Waals surface area contributed by atoms with Gasteiger partial charge in [-0.3, -0.25) is 4.79 Å². The highest BCUT2D eigenvalue weighted by Crippen LogP contribution is 2.35. The van der Waals surface area contributed by atoms with E-state index in [1.165, 1.54) is 18.0 Å². The molecule has 1 aliphatic rings. The molecule has 1 N–H and O–H groups in total. The van der Waals surface area contributed by atoms with Crippen LogP contribution in [-0.2, 0) is 4.79 Å². The zero-order valence-electron chi connectivity index (χ0n) is 21.1. The Hall–Kier alpha value is -4.73. The molecule has 1 atom stereocenters. The van der Waals surface area contributed by atoms with Crippen LogP contribution < -0.4 is 10.1 Å². The Kier molecular flexibility index (Phi) is 6.20. The molecule has 0 unspecified atom stereocenters. The molecule has 0 bridgehead atoms. The Balaban J connectivity index is 1.23. The number of carbonyl (C=O) groups excluding carboxylic acids is 1. The molecule has 5 aromatic rings. The van der Waals surface area contributed by atoms with Gasteiger partial charge in [-0.05, 0) is 79.6 Å². The van der Waals surface area contributed by atoms with Crippen molar-refractivity contribution >= 4 is 28.6 Å². The van der Waals surface area contributed by atoms with Crippen molar-refractivity contribution in [1.29, 1.82) is 0 Å². The molecular formula is C28H28N8O2. The summed E-state index contributed by atoms with van der Waals surface area (Å²) >= 11 is 0. The van der Waals surface area contributed by atoms with Gasteiger partial charge in [0, 0.05) is 37.2 Å². The largest absolute Gasteiger partial charge is 0.457 e. The van der Waals surface area contributed by atoms with Gasteiger partial charge in [-0.2, -0.15) is 10.2 Å². The predicted molar refractivity (Wildman–Crippen MR) is 144 cm³/mol. The number of anilines is 2. The number of pyridine rings is 1. The molecular weight excluding hydrogens is 480 g/mol. The number of likely N-dealkylation sites (tertiary alicyclic amines) is 1. The number of hydrogen-bond donors (Lipinski definition) is 1. The van der Waals surface area contributed by atoms with Crippen LogP contribution in [0.15, 0.2) is 74.1 Å². The molecule has 1 aromatic carbocycles. The SMILES string of the molecule is C=CC(=O)N1CCC[C@H](c2ccn3ncnc(Nc4ccc(Oc5ccn6ncnc6c5)c(C)c4)c23)CC1. The van der Waals surface area contributed by atoms with Crippen LogP contribution in [0.2, 0.25) is 0 Å². The van der Waals surface area contributed by atoms with E-state index in [9.17, 15) is 4.79 Å². The molecule has 10 heteroatoms. The molecule has 10 nitrogen and oxygen atoms in total. The number of nitrogens with zero attached hydrogens (tertiary/aromatic N) is 7. The summed E-state index contributed by atoms with van der Waals surface area (Å²) in [7, 11) is 0.